The minimum Gasteiger partial charge on any atom is -0.304 e. The fraction of sp³-hybridized carbons (Fsp3) is 0.438. The molecule has 1 aliphatic carbocycles. The lowest BCUT2D eigenvalue weighted by molar-refractivity contribution is 0.483. The Bertz CT molecular complexity index is 544. The van der Waals surface area contributed by atoms with Gasteiger partial charge in [-0.2, -0.15) is 5.10 Å². The van der Waals surface area contributed by atoms with Crippen molar-refractivity contribution < 1.29 is 0 Å². The summed E-state index contributed by atoms with van der Waals surface area (Å²) in [6.45, 7) is 0.847. The van der Waals surface area contributed by atoms with Gasteiger partial charge in [-0.3, -0.25) is 4.68 Å². The summed E-state index contributed by atoms with van der Waals surface area (Å²) >= 11 is 0. The van der Waals surface area contributed by atoms with Gasteiger partial charge in [-0.25, -0.2) is 0 Å². The molecule has 1 aliphatic rings. The van der Waals surface area contributed by atoms with Gasteiger partial charge < -0.3 is 5.32 Å². The molecule has 0 saturated heterocycles. The van der Waals surface area contributed by atoms with Gasteiger partial charge in [0.05, 0.1) is 5.69 Å². The van der Waals surface area contributed by atoms with Gasteiger partial charge in [0.1, 0.15) is 0 Å². The Morgan fingerprint density at radius 1 is 1.26 bits per heavy atom. The summed E-state index contributed by atoms with van der Waals surface area (Å²) in [4.78, 5) is 0. The molecule has 0 saturated carbocycles. The highest BCUT2D eigenvalue weighted by Gasteiger charge is 2.17. The standard InChI is InChI=1S/C16H21N3/c1-19-11-10-14(18-19)12-17-16-9-5-3-7-13-6-2-4-8-15(13)16/h2,4,6,8,10-11,16-17H,3,5,7,9,12H2,1H3. The number of benzene rings is 1. The van der Waals surface area contributed by atoms with Crippen molar-refractivity contribution in [2.24, 2.45) is 7.05 Å². The molecule has 1 atom stereocenters. The zero-order chi connectivity index (χ0) is 13.1. The second-order valence-corrected chi connectivity index (χ2v) is 5.36. The molecule has 0 aliphatic heterocycles. The van der Waals surface area contributed by atoms with Gasteiger partial charge in [0, 0.05) is 25.8 Å². The second-order valence-electron chi connectivity index (χ2n) is 5.36. The Balaban J connectivity index is 1.73. The van der Waals surface area contributed by atoms with Gasteiger partial charge in [0.2, 0.25) is 0 Å². The Labute approximate surface area is 114 Å². The molecule has 0 amide bonds. The minimum absolute atomic E-state index is 0.473. The molecule has 3 nitrogen and oxygen atoms in total. The van der Waals surface area contributed by atoms with Crippen LogP contribution in [0, 0.1) is 0 Å². The van der Waals surface area contributed by atoms with Crippen molar-refractivity contribution in [3.63, 3.8) is 0 Å². The van der Waals surface area contributed by atoms with Crippen molar-refractivity contribution in [2.45, 2.75) is 38.3 Å². The van der Waals surface area contributed by atoms with Crippen molar-refractivity contribution in [1.29, 1.82) is 0 Å². The summed E-state index contributed by atoms with van der Waals surface area (Å²) in [5, 5.41) is 8.10. The molecule has 100 valence electrons. The third-order valence-corrected chi connectivity index (χ3v) is 3.92. The molecule has 3 rings (SSSR count). The summed E-state index contributed by atoms with van der Waals surface area (Å²) in [7, 11) is 1.96. The topological polar surface area (TPSA) is 29.9 Å². The van der Waals surface area contributed by atoms with Crippen molar-refractivity contribution in [1.82, 2.24) is 15.1 Å². The summed E-state index contributed by atoms with van der Waals surface area (Å²) in [5.74, 6) is 0. The summed E-state index contributed by atoms with van der Waals surface area (Å²) in [6, 6.07) is 11.4. The summed E-state index contributed by atoms with van der Waals surface area (Å²) < 4.78 is 1.86. The highest BCUT2D eigenvalue weighted by atomic mass is 15.3. The highest BCUT2D eigenvalue weighted by Crippen LogP contribution is 2.28. The van der Waals surface area contributed by atoms with E-state index in [9.17, 15) is 0 Å². The number of aromatic nitrogens is 2. The molecule has 1 aromatic carbocycles. The number of rotatable bonds is 3. The van der Waals surface area contributed by atoms with Gasteiger partial charge in [-0.05, 0) is 36.5 Å². The van der Waals surface area contributed by atoms with E-state index < -0.39 is 0 Å². The smallest absolute Gasteiger partial charge is 0.0762 e. The van der Waals surface area contributed by atoms with E-state index in [0.29, 0.717) is 6.04 Å². The average molecular weight is 255 g/mol. The van der Waals surface area contributed by atoms with Gasteiger partial charge in [-0.15, -0.1) is 0 Å². The van der Waals surface area contributed by atoms with Crippen LogP contribution >= 0.6 is 0 Å². The van der Waals surface area contributed by atoms with E-state index in [0.717, 1.165) is 12.2 Å². The summed E-state index contributed by atoms with van der Waals surface area (Å²) in [6.07, 6.45) is 7.05. The van der Waals surface area contributed by atoms with Crippen molar-refractivity contribution in [3.05, 3.63) is 53.3 Å². The van der Waals surface area contributed by atoms with Crippen LogP contribution in [0.3, 0.4) is 0 Å². The van der Waals surface area contributed by atoms with Crippen LogP contribution in [0.5, 0.6) is 0 Å². The third-order valence-electron chi connectivity index (χ3n) is 3.92. The number of nitrogens with one attached hydrogen (secondary N) is 1. The molecule has 0 fully saturated rings. The molecule has 0 bridgehead atoms. The molecule has 19 heavy (non-hydrogen) atoms. The Morgan fingerprint density at radius 3 is 3.00 bits per heavy atom. The number of hydrogen-bond acceptors (Lipinski definition) is 2. The first-order valence-electron chi connectivity index (χ1n) is 7.12. The molecular formula is C16H21N3. The van der Waals surface area contributed by atoms with Crippen LogP contribution < -0.4 is 5.32 Å². The van der Waals surface area contributed by atoms with Gasteiger partial charge in [0.15, 0.2) is 0 Å². The van der Waals surface area contributed by atoms with E-state index in [-0.39, 0.29) is 0 Å². The molecule has 0 radical (unpaired) electrons. The predicted octanol–water partition coefficient (Wildman–Crippen LogP) is 2.98. The summed E-state index contributed by atoms with van der Waals surface area (Å²) in [5.41, 5.74) is 4.11. The van der Waals surface area contributed by atoms with Crippen molar-refractivity contribution in [3.8, 4) is 0 Å². The number of nitrogens with zero attached hydrogens (tertiary/aromatic N) is 2. The molecule has 1 N–H and O–H groups in total. The monoisotopic (exact) mass is 255 g/mol. The van der Waals surface area contributed by atoms with E-state index in [1.165, 1.54) is 36.8 Å². The van der Waals surface area contributed by atoms with E-state index in [1.807, 2.05) is 17.9 Å². The number of hydrogen-bond donors (Lipinski definition) is 1. The zero-order valence-corrected chi connectivity index (χ0v) is 11.5. The maximum atomic E-state index is 4.43. The SMILES string of the molecule is Cn1ccc(CNC2CCCCc3ccccc32)n1. The predicted molar refractivity (Wildman–Crippen MR) is 76.8 cm³/mol. The van der Waals surface area contributed by atoms with E-state index in [4.69, 9.17) is 0 Å². The van der Waals surface area contributed by atoms with E-state index >= 15 is 0 Å². The lowest BCUT2D eigenvalue weighted by Crippen LogP contribution is -2.21. The first-order valence-corrected chi connectivity index (χ1v) is 7.12. The number of fused-ring (bicyclic) bond motifs is 1. The van der Waals surface area contributed by atoms with Gasteiger partial charge >= 0.3 is 0 Å². The fourth-order valence-electron chi connectivity index (χ4n) is 2.92. The average Bonchev–Trinajstić information content (AvgIpc) is 2.73. The normalized spacial score (nSPS) is 18.9. The Kier molecular flexibility index (Phi) is 3.65. The third kappa shape index (κ3) is 2.87. The Hall–Kier alpha value is -1.61. The van der Waals surface area contributed by atoms with Crippen LogP contribution in [0.25, 0.3) is 0 Å². The van der Waals surface area contributed by atoms with E-state index in [1.54, 1.807) is 0 Å². The van der Waals surface area contributed by atoms with Gasteiger partial charge in [-0.1, -0.05) is 30.7 Å². The maximum absolute atomic E-state index is 4.43. The van der Waals surface area contributed by atoms with E-state index in [2.05, 4.69) is 40.7 Å². The van der Waals surface area contributed by atoms with Crippen LogP contribution in [0.2, 0.25) is 0 Å². The first kappa shape index (κ1) is 12.4. The maximum Gasteiger partial charge on any atom is 0.0762 e. The van der Waals surface area contributed by atoms with Crippen LogP contribution in [0.15, 0.2) is 36.5 Å². The highest BCUT2D eigenvalue weighted by molar-refractivity contribution is 5.31. The first-order chi connectivity index (χ1) is 9.33. The molecule has 1 heterocycles. The largest absolute Gasteiger partial charge is 0.304 e. The van der Waals surface area contributed by atoms with Crippen LogP contribution in [0.1, 0.15) is 42.1 Å². The van der Waals surface area contributed by atoms with Crippen LogP contribution in [0.4, 0.5) is 0 Å². The second kappa shape index (κ2) is 5.57. The van der Waals surface area contributed by atoms with Crippen LogP contribution in [-0.4, -0.2) is 9.78 Å². The molecule has 1 aromatic heterocycles. The molecule has 2 aromatic rings. The van der Waals surface area contributed by atoms with Gasteiger partial charge in [0.25, 0.3) is 0 Å². The molecule has 1 unspecified atom stereocenters. The fourth-order valence-corrected chi connectivity index (χ4v) is 2.92. The lowest BCUT2D eigenvalue weighted by atomic mass is 9.99. The minimum atomic E-state index is 0.473. The Morgan fingerprint density at radius 2 is 2.16 bits per heavy atom. The molecule has 3 heteroatoms. The zero-order valence-electron chi connectivity index (χ0n) is 11.5. The lowest BCUT2D eigenvalue weighted by Gasteiger charge is -2.18. The quantitative estimate of drug-likeness (QED) is 0.855. The number of aryl methyl sites for hydroxylation is 2. The molecule has 0 spiro atoms. The van der Waals surface area contributed by atoms with Crippen LogP contribution in [-0.2, 0) is 20.0 Å². The van der Waals surface area contributed by atoms with Crippen molar-refractivity contribution >= 4 is 0 Å². The van der Waals surface area contributed by atoms with Crippen molar-refractivity contribution in [2.75, 3.05) is 0 Å². The molecular weight excluding hydrogens is 234 g/mol.